The van der Waals surface area contributed by atoms with Gasteiger partial charge in [0.25, 0.3) is 0 Å². The van der Waals surface area contributed by atoms with Gasteiger partial charge in [-0.2, -0.15) is 0 Å². The molecule has 0 aromatic carbocycles. The Morgan fingerprint density at radius 1 is 1.31 bits per heavy atom. The molecule has 3 unspecified atom stereocenters. The van der Waals surface area contributed by atoms with Gasteiger partial charge in [0.2, 0.25) is 0 Å². The minimum absolute atomic E-state index is 0.537. The van der Waals surface area contributed by atoms with Crippen LogP contribution in [0.3, 0.4) is 0 Å². The molecule has 1 rings (SSSR count). The molecule has 1 saturated carbocycles. The SMILES string of the molecule is CNCC1CCCC(F)CC(C)C1. The largest absolute Gasteiger partial charge is 0.319 e. The van der Waals surface area contributed by atoms with Crippen molar-refractivity contribution in [3.05, 3.63) is 0 Å². The van der Waals surface area contributed by atoms with Crippen molar-refractivity contribution >= 4 is 0 Å². The number of hydrogen-bond donors (Lipinski definition) is 1. The Morgan fingerprint density at radius 2 is 2.08 bits per heavy atom. The third-order valence-corrected chi connectivity index (χ3v) is 3.02. The molecule has 0 radical (unpaired) electrons. The van der Waals surface area contributed by atoms with Crippen LogP contribution in [0.2, 0.25) is 0 Å². The number of halogens is 1. The fraction of sp³-hybridized carbons (Fsp3) is 1.00. The Labute approximate surface area is 81.1 Å². The van der Waals surface area contributed by atoms with E-state index >= 15 is 0 Å². The van der Waals surface area contributed by atoms with Gasteiger partial charge in [-0.3, -0.25) is 0 Å². The summed E-state index contributed by atoms with van der Waals surface area (Å²) in [5, 5.41) is 3.22. The summed E-state index contributed by atoms with van der Waals surface area (Å²) >= 11 is 0. The van der Waals surface area contributed by atoms with Gasteiger partial charge in [0.1, 0.15) is 6.17 Å². The standard InChI is InChI=1S/C11H22FN/c1-9-6-10(8-13-2)4-3-5-11(12)7-9/h9-11,13H,3-8H2,1-2H3. The van der Waals surface area contributed by atoms with Crippen LogP contribution >= 0.6 is 0 Å². The fourth-order valence-electron chi connectivity index (χ4n) is 2.44. The first-order valence-electron chi connectivity index (χ1n) is 5.51. The van der Waals surface area contributed by atoms with Gasteiger partial charge >= 0.3 is 0 Å². The van der Waals surface area contributed by atoms with E-state index in [0.717, 1.165) is 31.7 Å². The molecule has 1 fully saturated rings. The Kier molecular flexibility index (Phi) is 4.71. The van der Waals surface area contributed by atoms with Gasteiger partial charge in [0, 0.05) is 0 Å². The molecule has 2 heteroatoms. The summed E-state index contributed by atoms with van der Waals surface area (Å²) in [7, 11) is 2.00. The number of rotatable bonds is 2. The van der Waals surface area contributed by atoms with Crippen molar-refractivity contribution in [3.63, 3.8) is 0 Å². The van der Waals surface area contributed by atoms with Crippen molar-refractivity contribution in [3.8, 4) is 0 Å². The van der Waals surface area contributed by atoms with Crippen LogP contribution in [-0.4, -0.2) is 19.8 Å². The molecule has 0 amide bonds. The first-order valence-corrected chi connectivity index (χ1v) is 5.51. The Balaban J connectivity index is 2.34. The first kappa shape index (κ1) is 11.0. The topological polar surface area (TPSA) is 12.0 Å². The van der Waals surface area contributed by atoms with Crippen LogP contribution in [0.4, 0.5) is 4.39 Å². The van der Waals surface area contributed by atoms with Crippen molar-refractivity contribution in [1.82, 2.24) is 5.32 Å². The van der Waals surface area contributed by atoms with Gasteiger partial charge in [-0.1, -0.05) is 13.3 Å². The summed E-state index contributed by atoms with van der Waals surface area (Å²) in [5.74, 6) is 1.33. The van der Waals surface area contributed by atoms with Gasteiger partial charge in [0.05, 0.1) is 0 Å². The molecule has 3 atom stereocenters. The Bertz CT molecular complexity index is 138. The quantitative estimate of drug-likeness (QED) is 0.701. The summed E-state index contributed by atoms with van der Waals surface area (Å²) in [4.78, 5) is 0. The molecule has 0 aromatic rings. The molecule has 13 heavy (non-hydrogen) atoms. The van der Waals surface area contributed by atoms with E-state index in [9.17, 15) is 4.39 Å². The minimum atomic E-state index is -0.537. The van der Waals surface area contributed by atoms with E-state index in [1.807, 2.05) is 7.05 Å². The van der Waals surface area contributed by atoms with Gasteiger partial charge in [0.15, 0.2) is 0 Å². The highest BCUT2D eigenvalue weighted by Crippen LogP contribution is 2.27. The number of alkyl halides is 1. The summed E-state index contributed by atoms with van der Waals surface area (Å²) in [6.45, 7) is 3.28. The molecule has 0 aromatic heterocycles. The fourth-order valence-corrected chi connectivity index (χ4v) is 2.44. The Morgan fingerprint density at radius 3 is 2.77 bits per heavy atom. The lowest BCUT2D eigenvalue weighted by atomic mass is 9.84. The molecule has 1 N–H and O–H groups in total. The predicted octanol–water partition coefficient (Wildman–Crippen LogP) is 2.76. The normalized spacial score (nSPS) is 36.7. The van der Waals surface area contributed by atoms with Gasteiger partial charge in [-0.05, 0) is 51.1 Å². The van der Waals surface area contributed by atoms with Crippen LogP contribution in [0.15, 0.2) is 0 Å². The second-order valence-corrected chi connectivity index (χ2v) is 4.53. The molecule has 0 bridgehead atoms. The van der Waals surface area contributed by atoms with Crippen molar-refractivity contribution in [2.45, 2.75) is 45.2 Å². The predicted molar refractivity (Wildman–Crippen MR) is 54.6 cm³/mol. The smallest absolute Gasteiger partial charge is 0.100 e. The second-order valence-electron chi connectivity index (χ2n) is 4.53. The maximum absolute atomic E-state index is 13.2. The van der Waals surface area contributed by atoms with Crippen LogP contribution in [-0.2, 0) is 0 Å². The van der Waals surface area contributed by atoms with E-state index in [4.69, 9.17) is 0 Å². The Hall–Kier alpha value is -0.110. The van der Waals surface area contributed by atoms with E-state index in [0.29, 0.717) is 5.92 Å². The van der Waals surface area contributed by atoms with Crippen molar-refractivity contribution in [1.29, 1.82) is 0 Å². The molecule has 0 saturated heterocycles. The van der Waals surface area contributed by atoms with Crippen LogP contribution < -0.4 is 5.32 Å². The first-order chi connectivity index (χ1) is 6.22. The van der Waals surface area contributed by atoms with E-state index in [1.165, 1.54) is 12.8 Å². The zero-order chi connectivity index (χ0) is 9.68. The molecule has 78 valence electrons. The van der Waals surface area contributed by atoms with E-state index in [-0.39, 0.29) is 0 Å². The molecule has 1 aliphatic carbocycles. The van der Waals surface area contributed by atoms with Gasteiger partial charge < -0.3 is 5.32 Å². The van der Waals surface area contributed by atoms with Gasteiger partial charge in [-0.25, -0.2) is 4.39 Å². The third-order valence-electron chi connectivity index (χ3n) is 3.02. The minimum Gasteiger partial charge on any atom is -0.319 e. The van der Waals surface area contributed by atoms with Crippen LogP contribution in [0, 0.1) is 11.8 Å². The molecule has 0 heterocycles. The molecule has 0 aliphatic heterocycles. The molecular formula is C11H22FN. The van der Waals surface area contributed by atoms with Crippen LogP contribution in [0.5, 0.6) is 0 Å². The van der Waals surface area contributed by atoms with Crippen LogP contribution in [0.1, 0.15) is 39.0 Å². The summed E-state index contributed by atoms with van der Waals surface area (Å²) in [6.07, 6.45) is 4.49. The van der Waals surface area contributed by atoms with Crippen LogP contribution in [0.25, 0.3) is 0 Å². The lowest BCUT2D eigenvalue weighted by Crippen LogP contribution is -2.24. The summed E-state index contributed by atoms with van der Waals surface area (Å²) in [6, 6.07) is 0. The van der Waals surface area contributed by atoms with Crippen molar-refractivity contribution in [2.24, 2.45) is 11.8 Å². The molecule has 1 nitrogen and oxygen atoms in total. The van der Waals surface area contributed by atoms with Crippen molar-refractivity contribution < 1.29 is 4.39 Å². The molecule has 1 aliphatic rings. The third kappa shape index (κ3) is 4.08. The lowest BCUT2D eigenvalue weighted by Gasteiger charge is -2.25. The van der Waals surface area contributed by atoms with Gasteiger partial charge in [-0.15, -0.1) is 0 Å². The van der Waals surface area contributed by atoms with E-state index < -0.39 is 6.17 Å². The maximum atomic E-state index is 13.2. The lowest BCUT2D eigenvalue weighted by molar-refractivity contribution is 0.203. The van der Waals surface area contributed by atoms with Crippen molar-refractivity contribution in [2.75, 3.05) is 13.6 Å². The zero-order valence-electron chi connectivity index (χ0n) is 8.85. The number of hydrogen-bond acceptors (Lipinski definition) is 1. The average Bonchev–Trinajstić information content (AvgIpc) is 2.01. The second kappa shape index (κ2) is 5.58. The molecule has 0 spiro atoms. The van der Waals surface area contributed by atoms with E-state index in [1.54, 1.807) is 0 Å². The molecular weight excluding hydrogens is 165 g/mol. The highest BCUT2D eigenvalue weighted by molar-refractivity contribution is 4.73. The monoisotopic (exact) mass is 187 g/mol. The highest BCUT2D eigenvalue weighted by atomic mass is 19.1. The highest BCUT2D eigenvalue weighted by Gasteiger charge is 2.20. The van der Waals surface area contributed by atoms with E-state index in [2.05, 4.69) is 12.2 Å². The summed E-state index contributed by atoms with van der Waals surface area (Å²) < 4.78 is 13.2. The maximum Gasteiger partial charge on any atom is 0.100 e. The summed E-state index contributed by atoms with van der Waals surface area (Å²) in [5.41, 5.74) is 0. The zero-order valence-corrected chi connectivity index (χ0v) is 8.85. The average molecular weight is 187 g/mol. The number of nitrogens with one attached hydrogen (secondary N) is 1.